The van der Waals surface area contributed by atoms with Crippen molar-refractivity contribution in [2.75, 3.05) is 24.7 Å². The average Bonchev–Trinajstić information content (AvgIpc) is 2.99. The van der Waals surface area contributed by atoms with Crippen molar-refractivity contribution in [3.63, 3.8) is 0 Å². The van der Waals surface area contributed by atoms with Crippen LogP contribution in [0, 0.1) is 22.2 Å². The molecule has 1 aliphatic heterocycles. The van der Waals surface area contributed by atoms with Crippen LogP contribution in [0.1, 0.15) is 54.4 Å². The van der Waals surface area contributed by atoms with Gasteiger partial charge in [-0.25, -0.2) is 4.79 Å². The first-order valence-electron chi connectivity index (χ1n) is 10.7. The number of hydrogen-bond acceptors (Lipinski definition) is 8. The Kier molecular flexibility index (Phi) is 6.66. The number of thioether (sulfide) groups is 2. The predicted molar refractivity (Wildman–Crippen MR) is 118 cm³/mol. The fraction of sp³-hybridized carbons (Fsp3) is 0.864. The second kappa shape index (κ2) is 8.32. The third-order valence-electron chi connectivity index (χ3n) is 7.75. The number of carbonyl (C=O) groups excluding carboxylic acids is 3. The molecule has 6 nitrogen and oxygen atoms in total. The van der Waals surface area contributed by atoms with Crippen LogP contribution in [0.3, 0.4) is 0 Å². The van der Waals surface area contributed by atoms with Crippen LogP contribution in [0.5, 0.6) is 0 Å². The van der Waals surface area contributed by atoms with Crippen LogP contribution in [-0.4, -0.2) is 58.7 Å². The second-order valence-electron chi connectivity index (χ2n) is 10.2. The summed E-state index contributed by atoms with van der Waals surface area (Å²) in [4.78, 5) is 35.1. The van der Waals surface area contributed by atoms with E-state index >= 15 is 0 Å². The Labute approximate surface area is 196 Å². The quantitative estimate of drug-likeness (QED) is 0.400. The maximum atomic E-state index is 13.7. The molecule has 2 aliphatic carbocycles. The zero-order valence-electron chi connectivity index (χ0n) is 19.4. The largest absolute Gasteiger partial charge is 0.465 e. The molecule has 182 valence electrons. The Morgan fingerprint density at radius 2 is 1.50 bits per heavy atom. The summed E-state index contributed by atoms with van der Waals surface area (Å²) in [6.45, 7) is 9.81. The predicted octanol–water partition coefficient (Wildman–Crippen LogP) is 4.30. The van der Waals surface area contributed by atoms with Crippen molar-refractivity contribution in [3.8, 4) is 0 Å². The molecule has 0 radical (unpaired) electrons. The normalized spacial score (nSPS) is 31.9. The number of fused-ring (bicyclic) bond motifs is 3. The highest BCUT2D eigenvalue weighted by atomic mass is 32.2. The number of hydrogen-bond donors (Lipinski definition) is 0. The number of halogens is 2. The number of esters is 3. The van der Waals surface area contributed by atoms with Gasteiger partial charge in [-0.3, -0.25) is 9.59 Å². The lowest BCUT2D eigenvalue weighted by Gasteiger charge is -2.54. The van der Waals surface area contributed by atoms with Gasteiger partial charge < -0.3 is 14.2 Å². The smallest absolute Gasteiger partial charge is 0.377 e. The Morgan fingerprint density at radius 3 is 1.94 bits per heavy atom. The molecule has 1 saturated heterocycles. The first-order valence-corrected chi connectivity index (χ1v) is 12.7. The Balaban J connectivity index is 1.91. The van der Waals surface area contributed by atoms with Gasteiger partial charge in [0.25, 0.3) is 0 Å². The lowest BCUT2D eigenvalue weighted by atomic mass is 9.70. The van der Waals surface area contributed by atoms with Crippen LogP contribution >= 0.6 is 23.5 Å². The van der Waals surface area contributed by atoms with E-state index in [1.165, 1.54) is 13.8 Å². The van der Waals surface area contributed by atoms with Gasteiger partial charge in [0, 0.05) is 43.6 Å². The van der Waals surface area contributed by atoms with Gasteiger partial charge in [0.1, 0.15) is 23.4 Å². The van der Waals surface area contributed by atoms with Crippen molar-refractivity contribution in [1.82, 2.24) is 0 Å². The van der Waals surface area contributed by atoms with Gasteiger partial charge in [-0.15, -0.1) is 23.5 Å². The molecule has 10 heteroatoms. The molecular weight excluding hydrogens is 462 g/mol. The topological polar surface area (TPSA) is 78.9 Å². The molecule has 3 fully saturated rings. The average molecular weight is 495 g/mol. The number of rotatable bonds is 6. The number of alkyl halides is 2. The van der Waals surface area contributed by atoms with Gasteiger partial charge in [0.15, 0.2) is 0 Å². The van der Waals surface area contributed by atoms with Gasteiger partial charge in [-0.1, -0.05) is 20.8 Å². The monoisotopic (exact) mass is 494 g/mol. The summed E-state index contributed by atoms with van der Waals surface area (Å²) in [5, 5.41) is 0. The lowest BCUT2D eigenvalue weighted by Crippen LogP contribution is -2.56. The molecule has 3 rings (SSSR count). The molecule has 0 aromatic carbocycles. The molecular formula is C22H32F2O6S2. The van der Waals surface area contributed by atoms with Crippen LogP contribution in [-0.2, 0) is 28.6 Å². The molecule has 32 heavy (non-hydrogen) atoms. The summed E-state index contributed by atoms with van der Waals surface area (Å²) in [6, 6.07) is 0. The third kappa shape index (κ3) is 4.03. The molecule has 3 unspecified atom stereocenters. The first-order chi connectivity index (χ1) is 14.6. The van der Waals surface area contributed by atoms with Crippen LogP contribution in [0.4, 0.5) is 8.78 Å². The van der Waals surface area contributed by atoms with E-state index in [0.717, 1.165) is 12.8 Å². The first kappa shape index (κ1) is 25.6. The van der Waals surface area contributed by atoms with Gasteiger partial charge in [0.2, 0.25) is 0 Å². The molecule has 3 atom stereocenters. The summed E-state index contributed by atoms with van der Waals surface area (Å²) in [5.41, 5.74) is -1.08. The summed E-state index contributed by atoms with van der Waals surface area (Å²) in [5.74, 6) is -4.97. The van der Waals surface area contributed by atoms with Gasteiger partial charge in [-0.05, 0) is 18.3 Å². The van der Waals surface area contributed by atoms with E-state index in [0.29, 0.717) is 18.4 Å². The minimum atomic E-state index is -3.56. The molecule has 2 saturated carbocycles. The molecule has 0 amide bonds. The molecule has 1 heterocycles. The zero-order chi connectivity index (χ0) is 24.2. The fourth-order valence-electron chi connectivity index (χ4n) is 5.45. The van der Waals surface area contributed by atoms with Crippen LogP contribution < -0.4 is 0 Å². The highest BCUT2D eigenvalue weighted by Crippen LogP contribution is 2.78. The van der Waals surface area contributed by atoms with Crippen LogP contribution in [0.15, 0.2) is 0 Å². The van der Waals surface area contributed by atoms with Crippen molar-refractivity contribution < 1.29 is 37.4 Å². The minimum absolute atomic E-state index is 0.0340. The SMILES string of the molecule is CC(=O)OCC1(COC(C)=O)CSC2(SC1)C(OC(=O)C(C)(F)F)C1CCC2(C)C1(C)C. The lowest BCUT2D eigenvalue weighted by molar-refractivity contribution is -0.178. The van der Waals surface area contributed by atoms with E-state index in [-0.39, 0.29) is 30.0 Å². The molecule has 0 N–H and O–H groups in total. The summed E-state index contributed by atoms with van der Waals surface area (Å²) in [6.07, 6.45) is 1.05. The minimum Gasteiger partial charge on any atom is -0.465 e. The highest BCUT2D eigenvalue weighted by Gasteiger charge is 2.77. The van der Waals surface area contributed by atoms with Crippen molar-refractivity contribution in [2.24, 2.45) is 22.2 Å². The van der Waals surface area contributed by atoms with Gasteiger partial charge >= 0.3 is 23.8 Å². The highest BCUT2D eigenvalue weighted by molar-refractivity contribution is 8.19. The molecule has 0 aromatic heterocycles. The maximum absolute atomic E-state index is 13.7. The summed E-state index contributed by atoms with van der Waals surface area (Å²) >= 11 is 3.13. The van der Waals surface area contributed by atoms with Crippen molar-refractivity contribution in [1.29, 1.82) is 0 Å². The van der Waals surface area contributed by atoms with Crippen molar-refractivity contribution >= 4 is 41.4 Å². The fourth-order valence-corrected chi connectivity index (χ4v) is 9.97. The van der Waals surface area contributed by atoms with E-state index in [1.54, 1.807) is 23.5 Å². The molecule has 1 spiro atoms. The van der Waals surface area contributed by atoms with E-state index in [9.17, 15) is 23.2 Å². The Morgan fingerprint density at radius 1 is 1.00 bits per heavy atom. The van der Waals surface area contributed by atoms with Gasteiger partial charge in [0.05, 0.1) is 5.41 Å². The standard InChI is InChI=1S/C22H32F2O6S2/c1-13(25)28-9-21(10-29-14(2)26)11-31-22(32-12-21)16(30-17(27)20(6,23)24)15-7-8-19(22,5)18(15,3)4/h15-16H,7-12H2,1-6H3. The van der Waals surface area contributed by atoms with E-state index in [2.05, 4.69) is 20.8 Å². The zero-order valence-corrected chi connectivity index (χ0v) is 21.1. The molecule has 3 aliphatic rings. The van der Waals surface area contributed by atoms with Crippen molar-refractivity contribution in [2.45, 2.75) is 70.5 Å². The number of carbonyl (C=O) groups is 3. The van der Waals surface area contributed by atoms with Crippen molar-refractivity contribution in [3.05, 3.63) is 0 Å². The number of ether oxygens (including phenoxy) is 3. The van der Waals surface area contributed by atoms with E-state index in [4.69, 9.17) is 14.2 Å². The van der Waals surface area contributed by atoms with Gasteiger partial charge in [-0.2, -0.15) is 8.78 Å². The Hall–Kier alpha value is -1.03. The third-order valence-corrected chi connectivity index (χ3v) is 12.2. The molecule has 0 aromatic rings. The van der Waals surface area contributed by atoms with E-state index in [1.807, 2.05) is 0 Å². The summed E-state index contributed by atoms with van der Waals surface area (Å²) < 4.78 is 43.0. The summed E-state index contributed by atoms with van der Waals surface area (Å²) in [7, 11) is 0. The Bertz CT molecular complexity index is 768. The maximum Gasteiger partial charge on any atom is 0.377 e. The van der Waals surface area contributed by atoms with E-state index < -0.39 is 39.4 Å². The second-order valence-corrected chi connectivity index (χ2v) is 12.9. The molecule has 2 bridgehead atoms. The van der Waals surface area contributed by atoms with Crippen LogP contribution in [0.2, 0.25) is 0 Å². The van der Waals surface area contributed by atoms with Crippen LogP contribution in [0.25, 0.3) is 0 Å².